The summed E-state index contributed by atoms with van der Waals surface area (Å²) in [5, 5.41) is 10.3. The molecular formula is C24H25ClN4O2S. The molecule has 2 amide bonds. The van der Waals surface area contributed by atoms with E-state index in [1.807, 2.05) is 42.6 Å². The van der Waals surface area contributed by atoms with Gasteiger partial charge in [-0.05, 0) is 61.9 Å². The highest BCUT2D eigenvalue weighted by Gasteiger charge is 2.50. The predicted molar refractivity (Wildman–Crippen MR) is 127 cm³/mol. The van der Waals surface area contributed by atoms with Gasteiger partial charge in [-0.1, -0.05) is 36.6 Å². The van der Waals surface area contributed by atoms with Crippen LogP contribution >= 0.6 is 22.9 Å². The molecular weight excluding hydrogens is 444 g/mol. The lowest BCUT2D eigenvalue weighted by molar-refractivity contribution is -0.127. The molecule has 0 saturated heterocycles. The number of rotatable bonds is 4. The van der Waals surface area contributed by atoms with Crippen LogP contribution in [0.4, 0.5) is 5.69 Å². The van der Waals surface area contributed by atoms with Gasteiger partial charge >= 0.3 is 0 Å². The molecule has 1 N–H and O–H groups in total. The van der Waals surface area contributed by atoms with E-state index in [4.69, 9.17) is 11.6 Å². The third kappa shape index (κ3) is 3.53. The fourth-order valence-corrected chi connectivity index (χ4v) is 5.71. The van der Waals surface area contributed by atoms with Crippen LogP contribution in [0, 0.1) is 6.92 Å². The molecule has 32 heavy (non-hydrogen) atoms. The Balaban J connectivity index is 1.60. The fourth-order valence-electron chi connectivity index (χ4n) is 4.71. The summed E-state index contributed by atoms with van der Waals surface area (Å²) in [6.07, 6.45) is 4.16. The molecule has 6 nitrogen and oxygen atoms in total. The summed E-state index contributed by atoms with van der Waals surface area (Å²) in [6, 6.07) is 11.4. The van der Waals surface area contributed by atoms with Crippen molar-refractivity contribution in [1.29, 1.82) is 0 Å². The number of benzene rings is 1. The van der Waals surface area contributed by atoms with E-state index in [1.54, 1.807) is 33.9 Å². The first-order valence-electron chi connectivity index (χ1n) is 10.9. The molecule has 1 saturated carbocycles. The van der Waals surface area contributed by atoms with Gasteiger partial charge in [-0.3, -0.25) is 19.2 Å². The zero-order valence-electron chi connectivity index (χ0n) is 18.1. The van der Waals surface area contributed by atoms with Crippen molar-refractivity contribution in [2.45, 2.75) is 57.7 Å². The second-order valence-corrected chi connectivity index (χ2v) is 10.2. The third-order valence-corrected chi connectivity index (χ3v) is 7.65. The molecule has 166 valence electrons. The average molecular weight is 469 g/mol. The molecule has 0 bridgehead atoms. The number of hydrogen-bond acceptors (Lipinski definition) is 4. The smallest absolute Gasteiger partial charge is 0.277 e. The fraction of sp³-hybridized carbons (Fsp3) is 0.375. The SMILES string of the molecule is Cc1ccc(N2C(=O)c3cc(-c4cccs4)nn3CC2(C)C(=O)NC2CCCC2)c(Cl)c1. The van der Waals surface area contributed by atoms with Gasteiger partial charge in [0.15, 0.2) is 0 Å². The molecule has 3 heterocycles. The van der Waals surface area contributed by atoms with Gasteiger partial charge in [0.25, 0.3) is 5.91 Å². The van der Waals surface area contributed by atoms with Gasteiger partial charge in [-0.15, -0.1) is 11.3 Å². The zero-order chi connectivity index (χ0) is 22.5. The Kier molecular flexibility index (Phi) is 5.34. The van der Waals surface area contributed by atoms with Gasteiger partial charge < -0.3 is 5.32 Å². The maximum absolute atomic E-state index is 13.8. The number of aryl methyl sites for hydroxylation is 1. The second kappa shape index (κ2) is 8.05. The molecule has 1 unspecified atom stereocenters. The van der Waals surface area contributed by atoms with Crippen LogP contribution in [0.3, 0.4) is 0 Å². The molecule has 1 aliphatic carbocycles. The van der Waals surface area contributed by atoms with Crippen molar-refractivity contribution >= 4 is 40.4 Å². The highest BCUT2D eigenvalue weighted by atomic mass is 35.5. The number of fused-ring (bicyclic) bond motifs is 1. The van der Waals surface area contributed by atoms with E-state index in [9.17, 15) is 9.59 Å². The van der Waals surface area contributed by atoms with Crippen LogP contribution in [0.5, 0.6) is 0 Å². The van der Waals surface area contributed by atoms with E-state index in [1.165, 1.54) is 0 Å². The highest BCUT2D eigenvalue weighted by Crippen LogP contribution is 2.38. The maximum atomic E-state index is 13.8. The Morgan fingerprint density at radius 2 is 2.03 bits per heavy atom. The topological polar surface area (TPSA) is 67.2 Å². The first-order valence-corrected chi connectivity index (χ1v) is 12.2. The summed E-state index contributed by atoms with van der Waals surface area (Å²) in [5.41, 5.74) is 1.56. The Labute approximate surface area is 196 Å². The molecule has 1 fully saturated rings. The number of carbonyl (C=O) groups is 2. The van der Waals surface area contributed by atoms with Gasteiger partial charge in [0.1, 0.15) is 16.9 Å². The standard InChI is InChI=1S/C24H25ClN4O2S/c1-15-9-10-19(17(25)12-15)29-22(30)20-13-18(21-8-5-11-32-21)27-28(20)14-24(29,2)23(31)26-16-6-3-4-7-16/h5,8-13,16H,3-4,6-7,14H2,1-2H3,(H,26,31). The van der Waals surface area contributed by atoms with Crippen LogP contribution in [0.2, 0.25) is 5.02 Å². The van der Waals surface area contributed by atoms with Gasteiger partial charge in [0.2, 0.25) is 5.91 Å². The van der Waals surface area contributed by atoms with Crippen molar-refractivity contribution in [3.05, 3.63) is 58.1 Å². The van der Waals surface area contributed by atoms with Crippen molar-refractivity contribution in [2.75, 3.05) is 4.90 Å². The van der Waals surface area contributed by atoms with E-state index < -0.39 is 5.54 Å². The van der Waals surface area contributed by atoms with Crippen LogP contribution < -0.4 is 10.2 Å². The molecule has 5 rings (SSSR count). The van der Waals surface area contributed by atoms with E-state index in [0.29, 0.717) is 16.4 Å². The van der Waals surface area contributed by atoms with Crippen LogP contribution in [0.1, 0.15) is 48.7 Å². The van der Waals surface area contributed by atoms with Gasteiger partial charge in [-0.25, -0.2) is 0 Å². The normalized spacial score (nSPS) is 21.1. The Bertz CT molecular complexity index is 1180. The number of carbonyl (C=O) groups excluding carboxylic acids is 2. The number of nitrogens with zero attached hydrogens (tertiary/aromatic N) is 3. The largest absolute Gasteiger partial charge is 0.351 e. The minimum Gasteiger partial charge on any atom is -0.351 e. The summed E-state index contributed by atoms with van der Waals surface area (Å²) in [5.74, 6) is -0.449. The molecule has 0 spiro atoms. The minimum atomic E-state index is -1.16. The van der Waals surface area contributed by atoms with Crippen molar-refractivity contribution in [3.63, 3.8) is 0 Å². The van der Waals surface area contributed by atoms with Crippen LogP contribution in [0.25, 0.3) is 10.6 Å². The van der Waals surface area contributed by atoms with Gasteiger partial charge in [0, 0.05) is 6.04 Å². The lowest BCUT2D eigenvalue weighted by Crippen LogP contribution is -2.65. The molecule has 3 aromatic rings. The van der Waals surface area contributed by atoms with Crippen molar-refractivity contribution in [1.82, 2.24) is 15.1 Å². The number of hydrogen-bond donors (Lipinski definition) is 1. The monoisotopic (exact) mass is 468 g/mol. The number of anilines is 1. The number of amides is 2. The predicted octanol–water partition coefficient (Wildman–Crippen LogP) is 5.05. The van der Waals surface area contributed by atoms with Crippen LogP contribution in [0.15, 0.2) is 41.8 Å². The summed E-state index contributed by atoms with van der Waals surface area (Å²) < 4.78 is 1.67. The van der Waals surface area contributed by atoms with Crippen molar-refractivity contribution in [2.24, 2.45) is 0 Å². The Hall–Kier alpha value is -2.64. The van der Waals surface area contributed by atoms with E-state index in [0.717, 1.165) is 41.8 Å². The maximum Gasteiger partial charge on any atom is 0.277 e. The highest BCUT2D eigenvalue weighted by molar-refractivity contribution is 7.13. The summed E-state index contributed by atoms with van der Waals surface area (Å²) in [6.45, 7) is 4.01. The molecule has 1 aromatic carbocycles. The quantitative estimate of drug-likeness (QED) is 0.582. The van der Waals surface area contributed by atoms with E-state index >= 15 is 0 Å². The minimum absolute atomic E-state index is 0.144. The number of thiophene rings is 1. The van der Waals surface area contributed by atoms with Gasteiger partial charge in [0.05, 0.1) is 22.1 Å². The van der Waals surface area contributed by atoms with Crippen molar-refractivity contribution in [3.8, 4) is 10.6 Å². The summed E-state index contributed by atoms with van der Waals surface area (Å²) in [7, 11) is 0. The first kappa shape index (κ1) is 21.2. The average Bonchev–Trinajstić information content (AvgIpc) is 3.50. The molecule has 2 aromatic heterocycles. The molecule has 1 aliphatic heterocycles. The lowest BCUT2D eigenvalue weighted by Gasteiger charge is -2.43. The van der Waals surface area contributed by atoms with E-state index in [2.05, 4.69) is 10.4 Å². The molecule has 1 atom stereocenters. The van der Waals surface area contributed by atoms with E-state index in [-0.39, 0.29) is 24.4 Å². The Morgan fingerprint density at radius 3 is 2.72 bits per heavy atom. The summed E-state index contributed by atoms with van der Waals surface area (Å²) in [4.78, 5) is 30.0. The van der Waals surface area contributed by atoms with Crippen LogP contribution in [-0.4, -0.2) is 33.2 Å². The second-order valence-electron chi connectivity index (χ2n) is 8.87. The van der Waals surface area contributed by atoms with Crippen LogP contribution in [-0.2, 0) is 11.3 Å². The summed E-state index contributed by atoms with van der Waals surface area (Å²) >= 11 is 8.17. The van der Waals surface area contributed by atoms with Gasteiger partial charge in [-0.2, -0.15) is 5.10 Å². The number of aromatic nitrogens is 2. The number of nitrogens with one attached hydrogen (secondary N) is 1. The zero-order valence-corrected chi connectivity index (χ0v) is 19.7. The Morgan fingerprint density at radius 1 is 1.25 bits per heavy atom. The number of halogens is 1. The molecule has 8 heteroatoms. The van der Waals surface area contributed by atoms with Crippen molar-refractivity contribution < 1.29 is 9.59 Å². The lowest BCUT2D eigenvalue weighted by atomic mass is 9.93. The molecule has 2 aliphatic rings. The molecule has 0 radical (unpaired) electrons. The third-order valence-electron chi connectivity index (χ3n) is 6.45. The first-order chi connectivity index (χ1) is 15.4.